The molecule has 2 N–H and O–H groups in total. The number of hydrogen-bond acceptors (Lipinski definition) is 4. The Kier molecular flexibility index (Phi) is 4.46. The van der Waals surface area contributed by atoms with Crippen LogP contribution in [0.25, 0.3) is 16.7 Å². The fourth-order valence-corrected chi connectivity index (χ4v) is 3.10. The number of aromatic amines is 1. The second-order valence-electron chi connectivity index (χ2n) is 6.53. The Morgan fingerprint density at radius 3 is 2.70 bits per heavy atom. The van der Waals surface area contributed by atoms with Gasteiger partial charge in [-0.05, 0) is 35.7 Å². The van der Waals surface area contributed by atoms with Gasteiger partial charge in [-0.3, -0.25) is 9.78 Å². The molecule has 136 valence electrons. The summed E-state index contributed by atoms with van der Waals surface area (Å²) in [5.41, 5.74) is 2.58. The Balaban J connectivity index is 1.63. The van der Waals surface area contributed by atoms with Crippen LogP contribution in [0.5, 0.6) is 0 Å². The molecule has 4 rings (SSSR count). The highest BCUT2D eigenvalue weighted by Gasteiger charge is 2.11. The molecular weight excluding hydrogens is 338 g/mol. The van der Waals surface area contributed by atoms with E-state index in [1.807, 2.05) is 32.0 Å². The average Bonchev–Trinajstić information content (AvgIpc) is 3.06. The summed E-state index contributed by atoms with van der Waals surface area (Å²) >= 11 is 0. The lowest BCUT2D eigenvalue weighted by Crippen LogP contribution is -2.16. The van der Waals surface area contributed by atoms with Gasteiger partial charge in [0.25, 0.3) is 5.56 Å². The quantitative estimate of drug-likeness (QED) is 0.571. The molecule has 0 aliphatic heterocycles. The van der Waals surface area contributed by atoms with Gasteiger partial charge < -0.3 is 5.32 Å². The molecule has 0 fully saturated rings. The number of rotatable bonds is 5. The van der Waals surface area contributed by atoms with Crippen LogP contribution in [0, 0.1) is 6.92 Å². The average molecular weight is 359 g/mol. The Morgan fingerprint density at radius 1 is 1.07 bits per heavy atom. The molecule has 0 aliphatic rings. The van der Waals surface area contributed by atoms with E-state index in [9.17, 15) is 4.79 Å². The van der Waals surface area contributed by atoms with E-state index in [2.05, 4.69) is 50.7 Å². The van der Waals surface area contributed by atoms with Crippen molar-refractivity contribution < 1.29 is 0 Å². The summed E-state index contributed by atoms with van der Waals surface area (Å²) in [6, 6.07) is 18.2. The van der Waals surface area contributed by atoms with Crippen LogP contribution in [0.2, 0.25) is 0 Å². The number of nitrogens with one attached hydrogen (secondary N) is 2. The van der Waals surface area contributed by atoms with E-state index in [1.165, 1.54) is 22.4 Å². The van der Waals surface area contributed by atoms with Crippen LogP contribution in [-0.4, -0.2) is 19.7 Å². The number of H-pyrrole nitrogens is 1. The minimum atomic E-state index is -0.175. The Morgan fingerprint density at radius 2 is 1.89 bits per heavy atom. The number of nitrogens with zero attached hydrogens (tertiary/aromatic N) is 3. The molecule has 2 aromatic heterocycles. The second-order valence-corrected chi connectivity index (χ2v) is 6.53. The monoisotopic (exact) mass is 359 g/mol. The summed E-state index contributed by atoms with van der Waals surface area (Å²) in [5, 5.41) is 10.3. The van der Waals surface area contributed by atoms with E-state index in [0.717, 1.165) is 17.2 Å². The van der Waals surface area contributed by atoms with Crippen LogP contribution in [-0.2, 0) is 13.0 Å². The van der Waals surface area contributed by atoms with Crippen molar-refractivity contribution in [3.63, 3.8) is 0 Å². The maximum atomic E-state index is 11.9. The molecule has 6 nitrogen and oxygen atoms in total. The highest BCUT2D eigenvalue weighted by molar-refractivity contribution is 5.83. The molecule has 6 heteroatoms. The van der Waals surface area contributed by atoms with Gasteiger partial charge >= 0.3 is 0 Å². The highest BCUT2D eigenvalue weighted by atomic mass is 16.1. The topological polar surface area (TPSA) is 75.6 Å². The fourth-order valence-electron chi connectivity index (χ4n) is 3.10. The van der Waals surface area contributed by atoms with Gasteiger partial charge in [0.15, 0.2) is 0 Å². The van der Waals surface area contributed by atoms with Crippen LogP contribution < -0.4 is 10.9 Å². The maximum Gasteiger partial charge on any atom is 0.252 e. The minimum Gasteiger partial charge on any atom is -0.366 e. The molecule has 27 heavy (non-hydrogen) atoms. The van der Waals surface area contributed by atoms with Crippen molar-refractivity contribution in [3.8, 4) is 5.95 Å². The second kappa shape index (κ2) is 7.07. The Hall–Kier alpha value is -3.41. The van der Waals surface area contributed by atoms with E-state index in [0.29, 0.717) is 18.9 Å². The maximum absolute atomic E-state index is 11.9. The van der Waals surface area contributed by atoms with Crippen LogP contribution >= 0.6 is 0 Å². The largest absolute Gasteiger partial charge is 0.366 e. The van der Waals surface area contributed by atoms with Crippen LogP contribution in [0.4, 0.5) is 5.82 Å². The number of aromatic nitrogens is 4. The van der Waals surface area contributed by atoms with Crippen molar-refractivity contribution in [2.24, 2.45) is 0 Å². The molecular formula is C21H21N5O. The third-order valence-corrected chi connectivity index (χ3v) is 4.46. The lowest BCUT2D eigenvalue weighted by atomic mass is 10.1. The highest BCUT2D eigenvalue weighted by Crippen LogP contribution is 2.18. The summed E-state index contributed by atoms with van der Waals surface area (Å²) in [6.07, 6.45) is 0.691. The molecule has 0 saturated heterocycles. The first-order valence-electron chi connectivity index (χ1n) is 9.01. The number of benzene rings is 2. The number of fused-ring (bicyclic) bond motifs is 1. The van der Waals surface area contributed by atoms with Gasteiger partial charge in [0.2, 0.25) is 5.95 Å². The third kappa shape index (κ3) is 3.60. The van der Waals surface area contributed by atoms with Crippen LogP contribution in [0.15, 0.2) is 59.4 Å². The Bertz CT molecular complexity index is 1160. The van der Waals surface area contributed by atoms with Gasteiger partial charge in [0, 0.05) is 24.4 Å². The third-order valence-electron chi connectivity index (χ3n) is 4.46. The molecule has 2 heterocycles. The fraction of sp³-hybridized carbons (Fsp3) is 0.190. The van der Waals surface area contributed by atoms with Gasteiger partial charge in [0.05, 0.1) is 5.69 Å². The van der Waals surface area contributed by atoms with Crippen molar-refractivity contribution in [2.45, 2.75) is 26.8 Å². The molecule has 2 aromatic carbocycles. The zero-order chi connectivity index (χ0) is 18.8. The molecule has 4 aromatic rings. The smallest absolute Gasteiger partial charge is 0.252 e. The van der Waals surface area contributed by atoms with Crippen LogP contribution in [0.1, 0.15) is 23.9 Å². The number of aryl methyl sites for hydroxylation is 2. The summed E-state index contributed by atoms with van der Waals surface area (Å²) in [4.78, 5) is 19.2. The van der Waals surface area contributed by atoms with Gasteiger partial charge in [-0.1, -0.05) is 43.3 Å². The normalized spacial score (nSPS) is 11.0. The van der Waals surface area contributed by atoms with Gasteiger partial charge in [-0.25, -0.2) is 4.98 Å². The molecule has 0 radical (unpaired) electrons. The lowest BCUT2D eigenvalue weighted by molar-refractivity contribution is 0.777. The van der Waals surface area contributed by atoms with Crippen LogP contribution in [0.3, 0.4) is 0 Å². The molecule has 0 saturated carbocycles. The zero-order valence-electron chi connectivity index (χ0n) is 15.4. The first kappa shape index (κ1) is 17.0. The van der Waals surface area contributed by atoms with Crippen molar-refractivity contribution >= 4 is 16.6 Å². The lowest BCUT2D eigenvalue weighted by Gasteiger charge is -2.10. The van der Waals surface area contributed by atoms with E-state index in [-0.39, 0.29) is 5.56 Å². The molecule has 0 amide bonds. The van der Waals surface area contributed by atoms with Crippen molar-refractivity contribution in [3.05, 3.63) is 81.9 Å². The predicted molar refractivity (Wildman–Crippen MR) is 107 cm³/mol. The van der Waals surface area contributed by atoms with E-state index in [1.54, 1.807) is 4.68 Å². The Labute approximate surface area is 156 Å². The van der Waals surface area contributed by atoms with Gasteiger partial charge in [-0.2, -0.15) is 9.78 Å². The van der Waals surface area contributed by atoms with Gasteiger partial charge in [-0.15, -0.1) is 0 Å². The summed E-state index contributed by atoms with van der Waals surface area (Å²) in [6.45, 7) is 4.53. The first-order chi connectivity index (χ1) is 13.1. The number of hydrogen-bond donors (Lipinski definition) is 2. The van der Waals surface area contributed by atoms with E-state index < -0.39 is 0 Å². The molecule has 0 spiro atoms. The summed E-state index contributed by atoms with van der Waals surface area (Å²) in [7, 11) is 0. The van der Waals surface area contributed by atoms with E-state index in [4.69, 9.17) is 0 Å². The van der Waals surface area contributed by atoms with Gasteiger partial charge in [0.1, 0.15) is 5.82 Å². The van der Waals surface area contributed by atoms with Crippen molar-refractivity contribution in [1.29, 1.82) is 0 Å². The zero-order valence-corrected chi connectivity index (χ0v) is 15.4. The summed E-state index contributed by atoms with van der Waals surface area (Å²) < 4.78 is 1.65. The first-order valence-corrected chi connectivity index (χ1v) is 9.01. The van der Waals surface area contributed by atoms with Crippen molar-refractivity contribution in [1.82, 2.24) is 19.7 Å². The molecule has 0 atom stereocenters. The summed E-state index contributed by atoms with van der Waals surface area (Å²) in [5.74, 6) is 1.21. The molecule has 0 bridgehead atoms. The molecule has 0 aliphatic carbocycles. The minimum absolute atomic E-state index is 0.175. The SMILES string of the molecule is CCc1cc(=O)[nH]c(-n2nc(C)cc2NCc2ccc3ccccc3c2)n1. The standard InChI is InChI=1S/C21H21N5O/c1-3-18-12-20(27)24-21(23-18)26-19(10-14(2)25-26)22-13-15-8-9-16-6-4-5-7-17(16)11-15/h4-12,22H,3,13H2,1-2H3,(H,23,24,27). The van der Waals surface area contributed by atoms with E-state index >= 15 is 0 Å². The predicted octanol–water partition coefficient (Wildman–Crippen LogP) is 3.59. The number of anilines is 1. The molecule has 0 unspecified atom stereocenters. The van der Waals surface area contributed by atoms with Crippen molar-refractivity contribution in [2.75, 3.05) is 5.32 Å².